The summed E-state index contributed by atoms with van der Waals surface area (Å²) in [5.74, 6) is -1.30. The van der Waals surface area contributed by atoms with Crippen molar-refractivity contribution in [2.45, 2.75) is 63.8 Å². The van der Waals surface area contributed by atoms with Gasteiger partial charge in [0, 0.05) is 17.1 Å². The zero-order chi connectivity index (χ0) is 31.5. The van der Waals surface area contributed by atoms with E-state index in [2.05, 4.69) is 5.32 Å². The minimum Gasteiger partial charge on any atom is -0.350 e. The molecular formula is C30H33ClF3N3O4S. The summed E-state index contributed by atoms with van der Waals surface area (Å²) in [6, 6.07) is 15.0. The van der Waals surface area contributed by atoms with Crippen LogP contribution in [0.25, 0.3) is 0 Å². The molecule has 0 aliphatic rings. The van der Waals surface area contributed by atoms with Crippen molar-refractivity contribution >= 4 is 39.1 Å². The van der Waals surface area contributed by atoms with Gasteiger partial charge < -0.3 is 10.2 Å². The second kappa shape index (κ2) is 12.7. The van der Waals surface area contributed by atoms with Crippen molar-refractivity contribution in [1.82, 2.24) is 10.2 Å². The quantitative estimate of drug-likeness (QED) is 0.308. The number of aryl methyl sites for hydroxylation is 1. The summed E-state index contributed by atoms with van der Waals surface area (Å²) in [5, 5.41) is 3.19. The summed E-state index contributed by atoms with van der Waals surface area (Å²) in [5.41, 5.74) is -0.728. The van der Waals surface area contributed by atoms with E-state index >= 15 is 0 Å². The molecule has 0 radical (unpaired) electrons. The smallest absolute Gasteiger partial charge is 0.350 e. The minimum absolute atomic E-state index is 0.112. The number of benzene rings is 3. The number of nitrogens with one attached hydrogen (secondary N) is 1. The predicted molar refractivity (Wildman–Crippen MR) is 157 cm³/mol. The number of hydrogen-bond donors (Lipinski definition) is 1. The van der Waals surface area contributed by atoms with Gasteiger partial charge in [0.2, 0.25) is 11.8 Å². The van der Waals surface area contributed by atoms with Crippen LogP contribution in [0.2, 0.25) is 5.02 Å². The number of carbonyl (C=O) groups is 2. The van der Waals surface area contributed by atoms with Gasteiger partial charge in [-0.15, -0.1) is 0 Å². The van der Waals surface area contributed by atoms with Gasteiger partial charge in [0.1, 0.15) is 12.6 Å². The van der Waals surface area contributed by atoms with Gasteiger partial charge in [0.25, 0.3) is 10.0 Å². The van der Waals surface area contributed by atoms with Crippen molar-refractivity contribution in [1.29, 1.82) is 0 Å². The Morgan fingerprint density at radius 3 is 2.14 bits per heavy atom. The van der Waals surface area contributed by atoms with Crippen LogP contribution in [0, 0.1) is 6.92 Å². The van der Waals surface area contributed by atoms with Crippen LogP contribution in [0.4, 0.5) is 18.9 Å². The van der Waals surface area contributed by atoms with Gasteiger partial charge in [-0.2, -0.15) is 13.2 Å². The molecule has 0 fully saturated rings. The third-order valence-corrected chi connectivity index (χ3v) is 8.28. The average molecular weight is 624 g/mol. The van der Waals surface area contributed by atoms with Gasteiger partial charge in [0.05, 0.1) is 16.1 Å². The van der Waals surface area contributed by atoms with Crippen LogP contribution in [-0.4, -0.2) is 43.3 Å². The van der Waals surface area contributed by atoms with E-state index in [1.54, 1.807) is 64.1 Å². The van der Waals surface area contributed by atoms with Gasteiger partial charge in [0.15, 0.2) is 0 Å². The highest BCUT2D eigenvalue weighted by Gasteiger charge is 2.35. The first-order chi connectivity index (χ1) is 19.4. The van der Waals surface area contributed by atoms with Gasteiger partial charge in [-0.3, -0.25) is 13.9 Å². The van der Waals surface area contributed by atoms with Crippen LogP contribution in [-0.2, 0) is 32.3 Å². The lowest BCUT2D eigenvalue weighted by atomic mass is 10.1. The second-order valence-corrected chi connectivity index (χ2v) is 13.2. The lowest BCUT2D eigenvalue weighted by Crippen LogP contribution is -2.54. The van der Waals surface area contributed by atoms with E-state index in [9.17, 15) is 31.2 Å². The lowest BCUT2D eigenvalue weighted by molar-refractivity contribution is -0.140. The van der Waals surface area contributed by atoms with Gasteiger partial charge >= 0.3 is 6.18 Å². The molecule has 0 saturated carbocycles. The molecule has 0 spiro atoms. The summed E-state index contributed by atoms with van der Waals surface area (Å²) in [4.78, 5) is 28.0. The van der Waals surface area contributed by atoms with Crippen LogP contribution < -0.4 is 9.62 Å². The third kappa shape index (κ3) is 8.48. The molecular weight excluding hydrogens is 591 g/mol. The first-order valence-corrected chi connectivity index (χ1v) is 14.8. The Morgan fingerprint density at radius 1 is 0.952 bits per heavy atom. The molecule has 7 nitrogen and oxygen atoms in total. The Balaban J connectivity index is 2.10. The number of carbonyl (C=O) groups excluding carboxylic acids is 2. The highest BCUT2D eigenvalue weighted by molar-refractivity contribution is 7.92. The Bertz CT molecular complexity index is 1540. The van der Waals surface area contributed by atoms with Crippen LogP contribution in [0.1, 0.15) is 44.4 Å². The molecule has 1 N–H and O–H groups in total. The Morgan fingerprint density at radius 2 is 1.57 bits per heavy atom. The first kappa shape index (κ1) is 32.9. The standard InChI is InChI=1S/C30H33ClF3N3O4S/c1-20-12-14-26(15-13-20)42(40,41)37(25-11-7-9-23(17-25)30(32,33)34)19-27(38)36(18-22-8-6-10-24(31)16-22)21(2)28(39)35-29(3,4)5/h6-17,21H,18-19H2,1-5H3,(H,35,39). The molecule has 0 heterocycles. The summed E-state index contributed by atoms with van der Waals surface area (Å²) < 4.78 is 69.1. The van der Waals surface area contributed by atoms with E-state index in [0.717, 1.165) is 17.7 Å². The van der Waals surface area contributed by atoms with Crippen LogP contribution >= 0.6 is 11.6 Å². The molecule has 1 atom stereocenters. The van der Waals surface area contributed by atoms with Gasteiger partial charge in [-0.25, -0.2) is 8.42 Å². The van der Waals surface area contributed by atoms with E-state index in [-0.39, 0.29) is 17.1 Å². The summed E-state index contributed by atoms with van der Waals surface area (Å²) in [6.07, 6.45) is -4.75. The molecule has 42 heavy (non-hydrogen) atoms. The zero-order valence-corrected chi connectivity index (χ0v) is 25.4. The lowest BCUT2D eigenvalue weighted by Gasteiger charge is -2.33. The molecule has 0 aliphatic carbocycles. The van der Waals surface area contributed by atoms with Crippen molar-refractivity contribution in [3.8, 4) is 0 Å². The Hall–Kier alpha value is -3.57. The zero-order valence-electron chi connectivity index (χ0n) is 23.9. The fourth-order valence-electron chi connectivity index (χ4n) is 4.09. The Labute approximate surface area is 249 Å². The van der Waals surface area contributed by atoms with E-state index in [4.69, 9.17) is 11.6 Å². The molecule has 2 amide bonds. The van der Waals surface area contributed by atoms with Crippen molar-refractivity contribution < 1.29 is 31.2 Å². The SMILES string of the molecule is Cc1ccc(S(=O)(=O)N(CC(=O)N(Cc2cccc(Cl)c2)C(C)C(=O)NC(C)(C)C)c2cccc(C(F)(F)F)c2)cc1. The van der Waals surface area contributed by atoms with Crippen LogP contribution in [0.3, 0.4) is 0 Å². The van der Waals surface area contributed by atoms with Crippen LogP contribution in [0.15, 0.2) is 77.7 Å². The number of nitrogens with zero attached hydrogens (tertiary/aromatic N) is 2. The molecule has 226 valence electrons. The molecule has 0 bridgehead atoms. The van der Waals surface area contributed by atoms with E-state index < -0.39 is 51.7 Å². The number of sulfonamides is 1. The fourth-order valence-corrected chi connectivity index (χ4v) is 5.71. The highest BCUT2D eigenvalue weighted by Crippen LogP contribution is 2.33. The van der Waals surface area contributed by atoms with Gasteiger partial charge in [-0.05, 0) is 82.6 Å². The summed E-state index contributed by atoms with van der Waals surface area (Å²) in [6.45, 7) is 7.57. The number of halogens is 4. The molecule has 12 heteroatoms. The monoisotopic (exact) mass is 623 g/mol. The molecule has 0 aromatic heterocycles. The number of anilines is 1. The molecule has 1 unspecified atom stereocenters. The maximum Gasteiger partial charge on any atom is 0.416 e. The predicted octanol–water partition coefficient (Wildman–Crippen LogP) is 6.19. The van der Waals surface area contributed by atoms with E-state index in [0.29, 0.717) is 21.0 Å². The molecule has 3 aromatic carbocycles. The van der Waals surface area contributed by atoms with E-state index in [1.807, 2.05) is 0 Å². The number of rotatable bonds is 9. The normalized spacial score (nSPS) is 12.9. The first-order valence-electron chi connectivity index (χ1n) is 13.0. The summed E-state index contributed by atoms with van der Waals surface area (Å²) in [7, 11) is -4.52. The van der Waals surface area contributed by atoms with Crippen molar-refractivity contribution in [2.75, 3.05) is 10.8 Å². The van der Waals surface area contributed by atoms with Crippen molar-refractivity contribution in [2.24, 2.45) is 0 Å². The largest absolute Gasteiger partial charge is 0.416 e. The molecule has 3 rings (SSSR count). The summed E-state index contributed by atoms with van der Waals surface area (Å²) >= 11 is 6.13. The Kier molecular flexibility index (Phi) is 10.00. The molecule has 0 saturated heterocycles. The maximum absolute atomic E-state index is 13.9. The molecule has 0 aliphatic heterocycles. The average Bonchev–Trinajstić information content (AvgIpc) is 2.88. The fraction of sp³-hybridized carbons (Fsp3) is 0.333. The van der Waals surface area contributed by atoms with Gasteiger partial charge in [-0.1, -0.05) is 47.5 Å². The number of hydrogen-bond acceptors (Lipinski definition) is 4. The topological polar surface area (TPSA) is 86.8 Å². The second-order valence-electron chi connectivity index (χ2n) is 10.9. The van der Waals surface area contributed by atoms with Crippen molar-refractivity contribution in [3.63, 3.8) is 0 Å². The van der Waals surface area contributed by atoms with Crippen molar-refractivity contribution in [3.05, 3.63) is 94.5 Å². The highest BCUT2D eigenvalue weighted by atomic mass is 35.5. The number of alkyl halides is 3. The third-order valence-electron chi connectivity index (χ3n) is 6.26. The maximum atomic E-state index is 13.9. The van der Waals surface area contributed by atoms with E-state index in [1.165, 1.54) is 30.0 Å². The number of amides is 2. The van der Waals surface area contributed by atoms with Crippen LogP contribution in [0.5, 0.6) is 0 Å². The minimum atomic E-state index is -4.75. The molecule has 3 aromatic rings.